The lowest BCUT2D eigenvalue weighted by molar-refractivity contribution is -0.123. The SMILES string of the molecule is CN=C(NCc1cccc(CN2CCCC(C(N)=O)C2)c1)NC(C)COC1CCOC1.I. The first kappa shape index (κ1) is 26.8. The number of halogens is 1. The number of piperidine rings is 1. The maximum Gasteiger partial charge on any atom is 0.221 e. The first-order valence-electron chi connectivity index (χ1n) is 11.3. The Balaban J connectivity index is 0.00000363. The van der Waals surface area contributed by atoms with Gasteiger partial charge in [-0.2, -0.15) is 0 Å². The number of carbonyl (C=O) groups is 1. The zero-order valence-electron chi connectivity index (χ0n) is 19.2. The van der Waals surface area contributed by atoms with E-state index in [4.69, 9.17) is 15.2 Å². The number of likely N-dealkylation sites (tertiary alicyclic amines) is 1. The second kappa shape index (κ2) is 14.0. The van der Waals surface area contributed by atoms with Gasteiger partial charge in [0.1, 0.15) is 0 Å². The minimum atomic E-state index is -0.183. The van der Waals surface area contributed by atoms with Gasteiger partial charge in [-0.05, 0) is 43.9 Å². The highest BCUT2D eigenvalue weighted by atomic mass is 127. The summed E-state index contributed by atoms with van der Waals surface area (Å²) in [6.45, 7) is 7.46. The van der Waals surface area contributed by atoms with Gasteiger partial charge >= 0.3 is 0 Å². The van der Waals surface area contributed by atoms with Gasteiger partial charge in [-0.25, -0.2) is 0 Å². The monoisotopic (exact) mass is 559 g/mol. The Bertz CT molecular complexity index is 742. The van der Waals surface area contributed by atoms with Crippen LogP contribution in [0.5, 0.6) is 0 Å². The molecule has 4 N–H and O–H groups in total. The zero-order chi connectivity index (χ0) is 22.1. The highest BCUT2D eigenvalue weighted by molar-refractivity contribution is 14.0. The van der Waals surface area contributed by atoms with Crippen molar-refractivity contribution >= 4 is 35.8 Å². The van der Waals surface area contributed by atoms with Crippen LogP contribution in [0.2, 0.25) is 0 Å². The molecule has 32 heavy (non-hydrogen) atoms. The summed E-state index contributed by atoms with van der Waals surface area (Å²) in [4.78, 5) is 18.2. The molecule has 3 rings (SSSR count). The molecule has 180 valence electrons. The number of nitrogens with one attached hydrogen (secondary N) is 2. The Morgan fingerprint density at radius 1 is 1.38 bits per heavy atom. The third-order valence-electron chi connectivity index (χ3n) is 5.84. The van der Waals surface area contributed by atoms with E-state index in [0.717, 1.165) is 51.5 Å². The van der Waals surface area contributed by atoms with E-state index in [1.807, 2.05) is 0 Å². The van der Waals surface area contributed by atoms with Gasteiger partial charge in [0.15, 0.2) is 5.96 Å². The molecule has 3 atom stereocenters. The average molecular weight is 559 g/mol. The molecular formula is C23H38IN5O3. The van der Waals surface area contributed by atoms with E-state index >= 15 is 0 Å². The molecule has 0 aromatic heterocycles. The van der Waals surface area contributed by atoms with Gasteiger partial charge in [-0.1, -0.05) is 24.3 Å². The third kappa shape index (κ3) is 8.84. The van der Waals surface area contributed by atoms with Crippen LogP contribution in [-0.2, 0) is 27.4 Å². The summed E-state index contributed by atoms with van der Waals surface area (Å²) in [7, 11) is 1.77. The van der Waals surface area contributed by atoms with Gasteiger partial charge in [-0.3, -0.25) is 14.7 Å². The van der Waals surface area contributed by atoms with Crippen LogP contribution in [0.15, 0.2) is 29.3 Å². The molecule has 2 fully saturated rings. The topological polar surface area (TPSA) is 101 Å². The van der Waals surface area contributed by atoms with Crippen LogP contribution >= 0.6 is 24.0 Å². The minimum Gasteiger partial charge on any atom is -0.379 e. The number of carbonyl (C=O) groups excluding carboxylic acids is 1. The Labute approximate surface area is 208 Å². The van der Waals surface area contributed by atoms with Crippen molar-refractivity contribution < 1.29 is 14.3 Å². The summed E-state index contributed by atoms with van der Waals surface area (Å²) >= 11 is 0. The van der Waals surface area contributed by atoms with E-state index in [9.17, 15) is 4.79 Å². The van der Waals surface area contributed by atoms with E-state index in [1.165, 1.54) is 11.1 Å². The number of ether oxygens (including phenoxy) is 2. The van der Waals surface area contributed by atoms with Crippen molar-refractivity contribution in [2.24, 2.45) is 16.6 Å². The molecule has 2 saturated heterocycles. The fraction of sp³-hybridized carbons (Fsp3) is 0.652. The first-order chi connectivity index (χ1) is 15.0. The molecule has 0 aliphatic carbocycles. The number of guanidine groups is 1. The van der Waals surface area contributed by atoms with E-state index in [-0.39, 0.29) is 47.9 Å². The van der Waals surface area contributed by atoms with Gasteiger partial charge in [0, 0.05) is 39.3 Å². The Morgan fingerprint density at radius 2 is 2.19 bits per heavy atom. The van der Waals surface area contributed by atoms with Gasteiger partial charge in [0.25, 0.3) is 0 Å². The molecule has 3 unspecified atom stereocenters. The summed E-state index contributed by atoms with van der Waals surface area (Å²) in [6.07, 6.45) is 3.10. The van der Waals surface area contributed by atoms with E-state index < -0.39 is 0 Å². The number of hydrogen-bond donors (Lipinski definition) is 3. The molecule has 1 aromatic carbocycles. The lowest BCUT2D eigenvalue weighted by Crippen LogP contribution is -2.44. The van der Waals surface area contributed by atoms with Crippen LogP contribution < -0.4 is 16.4 Å². The summed E-state index contributed by atoms with van der Waals surface area (Å²) < 4.78 is 11.2. The van der Waals surface area contributed by atoms with Crippen LogP contribution in [0.1, 0.15) is 37.3 Å². The normalized spacial score (nSPS) is 22.8. The Kier molecular flexibility index (Phi) is 11.7. The number of amides is 1. The van der Waals surface area contributed by atoms with Crippen molar-refractivity contribution in [3.8, 4) is 0 Å². The molecule has 2 aliphatic heterocycles. The highest BCUT2D eigenvalue weighted by Gasteiger charge is 2.23. The number of hydrogen-bond acceptors (Lipinski definition) is 5. The molecular weight excluding hydrogens is 521 g/mol. The molecule has 0 bridgehead atoms. The fourth-order valence-corrected chi connectivity index (χ4v) is 4.11. The molecule has 9 heteroatoms. The maximum absolute atomic E-state index is 11.5. The lowest BCUT2D eigenvalue weighted by Gasteiger charge is -2.31. The van der Waals surface area contributed by atoms with Crippen molar-refractivity contribution in [3.05, 3.63) is 35.4 Å². The minimum absolute atomic E-state index is 0. The number of nitrogens with two attached hydrogens (primary N) is 1. The highest BCUT2D eigenvalue weighted by Crippen LogP contribution is 2.18. The second-order valence-corrected chi connectivity index (χ2v) is 8.59. The summed E-state index contributed by atoms with van der Waals surface area (Å²) in [6, 6.07) is 8.68. The van der Waals surface area contributed by atoms with Gasteiger partial charge in [-0.15, -0.1) is 24.0 Å². The lowest BCUT2D eigenvalue weighted by atomic mass is 9.97. The molecule has 2 heterocycles. The fourth-order valence-electron chi connectivity index (χ4n) is 4.11. The van der Waals surface area contributed by atoms with Crippen LogP contribution in [0.25, 0.3) is 0 Å². The van der Waals surface area contributed by atoms with Crippen molar-refractivity contribution in [3.63, 3.8) is 0 Å². The predicted octanol–water partition coefficient (Wildman–Crippen LogP) is 1.86. The number of benzene rings is 1. The first-order valence-corrected chi connectivity index (χ1v) is 11.3. The smallest absolute Gasteiger partial charge is 0.221 e. The van der Waals surface area contributed by atoms with Crippen LogP contribution in [0, 0.1) is 5.92 Å². The molecule has 0 radical (unpaired) electrons. The van der Waals surface area contributed by atoms with Gasteiger partial charge in [0.05, 0.1) is 25.2 Å². The second-order valence-electron chi connectivity index (χ2n) is 8.59. The van der Waals surface area contributed by atoms with Crippen molar-refractivity contribution in [2.45, 2.75) is 51.4 Å². The largest absolute Gasteiger partial charge is 0.379 e. The van der Waals surface area contributed by atoms with E-state index in [1.54, 1.807) is 7.05 Å². The number of rotatable bonds is 9. The predicted molar refractivity (Wildman–Crippen MR) is 137 cm³/mol. The quantitative estimate of drug-likeness (QED) is 0.243. The molecule has 8 nitrogen and oxygen atoms in total. The average Bonchev–Trinajstić information content (AvgIpc) is 3.29. The molecule has 0 saturated carbocycles. The molecule has 0 spiro atoms. The third-order valence-corrected chi connectivity index (χ3v) is 5.84. The number of aliphatic imine (C=N–C) groups is 1. The van der Waals surface area contributed by atoms with E-state index in [0.29, 0.717) is 19.8 Å². The summed E-state index contributed by atoms with van der Waals surface area (Å²) in [5.41, 5.74) is 7.94. The van der Waals surface area contributed by atoms with Crippen molar-refractivity contribution in [2.75, 3.05) is 40.0 Å². The molecule has 1 aromatic rings. The van der Waals surface area contributed by atoms with Crippen LogP contribution in [0.3, 0.4) is 0 Å². The zero-order valence-corrected chi connectivity index (χ0v) is 21.5. The van der Waals surface area contributed by atoms with Crippen molar-refractivity contribution in [1.29, 1.82) is 0 Å². The Morgan fingerprint density at radius 3 is 2.91 bits per heavy atom. The van der Waals surface area contributed by atoms with Crippen LogP contribution in [-0.4, -0.2) is 68.9 Å². The van der Waals surface area contributed by atoms with Gasteiger partial charge in [0.2, 0.25) is 5.91 Å². The molecule has 2 aliphatic rings. The number of nitrogens with zero attached hydrogens (tertiary/aromatic N) is 2. The maximum atomic E-state index is 11.5. The molecule has 1 amide bonds. The Hall–Kier alpha value is -1.43. The van der Waals surface area contributed by atoms with E-state index in [2.05, 4.69) is 51.7 Å². The summed E-state index contributed by atoms with van der Waals surface area (Å²) in [5.74, 6) is 0.544. The standard InChI is InChI=1S/C23H37N5O3.HI/c1-17(15-31-21-8-10-30-16-21)27-23(25-2)26-12-18-5-3-6-19(11-18)13-28-9-4-7-20(14-28)22(24)29;/h3,5-6,11,17,20-21H,4,7-10,12-16H2,1-2H3,(H2,24,29)(H2,25,26,27);1H. The number of primary amides is 1. The van der Waals surface area contributed by atoms with Crippen molar-refractivity contribution in [1.82, 2.24) is 15.5 Å². The summed E-state index contributed by atoms with van der Waals surface area (Å²) in [5, 5.41) is 6.76. The van der Waals surface area contributed by atoms with Crippen LogP contribution in [0.4, 0.5) is 0 Å². The van der Waals surface area contributed by atoms with Gasteiger partial charge < -0.3 is 25.8 Å².